The molecule has 0 unspecified atom stereocenters. The second-order valence-corrected chi connectivity index (χ2v) is 8.37. The number of imidazole rings is 1. The topological polar surface area (TPSA) is 56.1 Å². The first-order valence-electron chi connectivity index (χ1n) is 11.7. The number of hydrogen-bond donors (Lipinski definition) is 1. The van der Waals surface area contributed by atoms with Gasteiger partial charge in [0.15, 0.2) is 0 Å². The summed E-state index contributed by atoms with van der Waals surface area (Å²) in [5.74, 6) is -0.240. The van der Waals surface area contributed by atoms with Crippen molar-refractivity contribution in [3.8, 4) is 0 Å². The Morgan fingerprint density at radius 1 is 0.912 bits per heavy atom. The highest BCUT2D eigenvalue weighted by atomic mass is 16.5. The Hall–Kier alpha value is -3.70. The van der Waals surface area contributed by atoms with Crippen LogP contribution in [0.1, 0.15) is 36.2 Å². The Morgan fingerprint density at radius 2 is 1.41 bits per heavy atom. The highest BCUT2D eigenvalue weighted by Crippen LogP contribution is 2.40. The molecule has 3 aromatic carbocycles. The lowest BCUT2D eigenvalue weighted by Crippen LogP contribution is -2.37. The third kappa shape index (κ3) is 4.95. The van der Waals surface area contributed by atoms with Gasteiger partial charge in [-0.25, -0.2) is 4.98 Å². The van der Waals surface area contributed by atoms with Crippen molar-refractivity contribution in [2.45, 2.75) is 31.8 Å². The summed E-state index contributed by atoms with van der Waals surface area (Å²) in [6.07, 6.45) is 4.73. The zero-order valence-electron chi connectivity index (χ0n) is 19.7. The van der Waals surface area contributed by atoms with Crippen molar-refractivity contribution in [3.63, 3.8) is 0 Å². The average Bonchev–Trinajstić information content (AvgIpc) is 3.34. The van der Waals surface area contributed by atoms with E-state index in [1.54, 1.807) is 0 Å². The highest BCUT2D eigenvalue weighted by Gasteiger charge is 2.38. The second kappa shape index (κ2) is 10.9. The molecule has 5 heteroatoms. The number of rotatable bonds is 10. The molecule has 4 rings (SSSR count). The molecule has 0 aliphatic carbocycles. The van der Waals surface area contributed by atoms with Crippen LogP contribution >= 0.6 is 0 Å². The lowest BCUT2D eigenvalue weighted by atomic mass is 9.77. The fourth-order valence-electron chi connectivity index (χ4n) is 4.49. The van der Waals surface area contributed by atoms with Gasteiger partial charge >= 0.3 is 5.97 Å². The molecule has 0 amide bonds. The van der Waals surface area contributed by atoms with Crippen molar-refractivity contribution in [3.05, 3.63) is 126 Å². The van der Waals surface area contributed by atoms with Crippen LogP contribution in [0.4, 0.5) is 0 Å². The minimum Gasteiger partial charge on any atom is -0.465 e. The fourth-order valence-corrected chi connectivity index (χ4v) is 4.49. The minimum absolute atomic E-state index is 0.0762. The standard InChI is InChI=1S/C29H31N3O2/c1-3-34-28(33)20-30-23(2)19-27-21-32(22-31-27)29(24-13-7-4-8-14-24,25-15-9-5-10-16-25)26-17-11-6-12-18-26/h4-18,21-23,30H,3,19-20H2,1-2H3/t23-/m1/s1. The maximum Gasteiger partial charge on any atom is 0.319 e. The maximum absolute atomic E-state index is 11.7. The molecule has 0 radical (unpaired) electrons. The smallest absolute Gasteiger partial charge is 0.319 e. The Morgan fingerprint density at radius 3 is 1.88 bits per heavy atom. The van der Waals surface area contributed by atoms with Gasteiger partial charge in [0.2, 0.25) is 0 Å². The number of nitrogens with one attached hydrogen (secondary N) is 1. The van der Waals surface area contributed by atoms with Gasteiger partial charge < -0.3 is 14.6 Å². The van der Waals surface area contributed by atoms with Crippen LogP contribution in [-0.4, -0.2) is 34.7 Å². The molecule has 0 bridgehead atoms. The van der Waals surface area contributed by atoms with Crippen LogP contribution in [0.2, 0.25) is 0 Å². The van der Waals surface area contributed by atoms with Gasteiger partial charge in [-0.3, -0.25) is 4.79 Å². The van der Waals surface area contributed by atoms with Crippen molar-refractivity contribution < 1.29 is 9.53 Å². The number of hydrogen-bond acceptors (Lipinski definition) is 4. The van der Waals surface area contributed by atoms with Gasteiger partial charge in [0.25, 0.3) is 0 Å². The third-order valence-corrected chi connectivity index (χ3v) is 6.01. The summed E-state index contributed by atoms with van der Waals surface area (Å²) in [5, 5.41) is 3.23. The van der Waals surface area contributed by atoms with Crippen molar-refractivity contribution >= 4 is 5.97 Å². The van der Waals surface area contributed by atoms with E-state index in [4.69, 9.17) is 9.72 Å². The van der Waals surface area contributed by atoms with Crippen molar-refractivity contribution in [1.29, 1.82) is 0 Å². The van der Waals surface area contributed by atoms with Gasteiger partial charge in [-0.15, -0.1) is 0 Å². The number of ether oxygens (including phenoxy) is 1. The van der Waals surface area contributed by atoms with Crippen LogP contribution in [0.5, 0.6) is 0 Å². The minimum atomic E-state index is -0.573. The molecule has 0 aliphatic rings. The van der Waals surface area contributed by atoms with E-state index in [0.717, 1.165) is 22.4 Å². The van der Waals surface area contributed by atoms with E-state index in [9.17, 15) is 4.79 Å². The molecule has 1 N–H and O–H groups in total. The molecule has 34 heavy (non-hydrogen) atoms. The zero-order valence-corrected chi connectivity index (χ0v) is 19.7. The molecule has 0 aliphatic heterocycles. The van der Waals surface area contributed by atoms with Crippen molar-refractivity contribution in [1.82, 2.24) is 14.9 Å². The molecule has 5 nitrogen and oxygen atoms in total. The predicted octanol–water partition coefficient (Wildman–Crippen LogP) is 4.81. The lowest BCUT2D eigenvalue weighted by Gasteiger charge is -2.37. The summed E-state index contributed by atoms with van der Waals surface area (Å²) in [7, 11) is 0. The third-order valence-electron chi connectivity index (χ3n) is 6.01. The molecule has 0 fully saturated rings. The maximum atomic E-state index is 11.7. The van der Waals surface area contributed by atoms with Crippen molar-refractivity contribution in [2.75, 3.05) is 13.2 Å². The van der Waals surface area contributed by atoms with E-state index in [0.29, 0.717) is 13.0 Å². The Balaban J connectivity index is 1.74. The molecule has 174 valence electrons. The van der Waals surface area contributed by atoms with Gasteiger partial charge in [-0.2, -0.15) is 0 Å². The van der Waals surface area contributed by atoms with Crippen LogP contribution in [0, 0.1) is 0 Å². The molecule has 0 spiro atoms. The Labute approximate surface area is 201 Å². The Bertz CT molecular complexity index is 1080. The van der Waals surface area contributed by atoms with Gasteiger partial charge in [0.1, 0.15) is 5.54 Å². The number of benzene rings is 3. The largest absolute Gasteiger partial charge is 0.465 e. The number of nitrogens with zero attached hydrogens (tertiary/aromatic N) is 2. The summed E-state index contributed by atoms with van der Waals surface area (Å²) >= 11 is 0. The lowest BCUT2D eigenvalue weighted by molar-refractivity contribution is -0.142. The quantitative estimate of drug-likeness (QED) is 0.277. The van der Waals surface area contributed by atoms with Crippen LogP contribution in [0.15, 0.2) is 104 Å². The summed E-state index contributed by atoms with van der Waals surface area (Å²) in [6, 6.07) is 31.7. The van der Waals surface area contributed by atoms with E-state index in [-0.39, 0.29) is 18.6 Å². The first-order chi connectivity index (χ1) is 16.6. The summed E-state index contributed by atoms with van der Waals surface area (Å²) in [5.41, 5.74) is 3.85. The molecule has 0 saturated carbocycles. The normalized spacial score (nSPS) is 12.3. The Kier molecular flexibility index (Phi) is 7.55. The molecule has 1 aromatic heterocycles. The van der Waals surface area contributed by atoms with E-state index in [2.05, 4.69) is 95.8 Å². The first kappa shape index (κ1) is 23.5. The molecular formula is C29H31N3O2. The van der Waals surface area contributed by atoms with Crippen molar-refractivity contribution in [2.24, 2.45) is 0 Å². The molecule has 0 saturated heterocycles. The van der Waals surface area contributed by atoms with Crippen LogP contribution in [-0.2, 0) is 21.5 Å². The average molecular weight is 454 g/mol. The van der Waals surface area contributed by atoms with Gasteiger partial charge in [-0.1, -0.05) is 91.0 Å². The van der Waals surface area contributed by atoms with E-state index in [1.807, 2.05) is 31.5 Å². The summed E-state index contributed by atoms with van der Waals surface area (Å²) in [6.45, 7) is 4.45. The SMILES string of the molecule is CCOC(=O)CN[C@H](C)Cc1cn(C(c2ccccc2)(c2ccccc2)c2ccccc2)cn1. The highest BCUT2D eigenvalue weighted by molar-refractivity contribution is 5.71. The van der Waals surface area contributed by atoms with E-state index in [1.165, 1.54) is 0 Å². The molecular weight excluding hydrogens is 422 g/mol. The first-order valence-corrected chi connectivity index (χ1v) is 11.7. The second-order valence-electron chi connectivity index (χ2n) is 8.37. The number of carbonyl (C=O) groups is 1. The van der Waals surface area contributed by atoms with Gasteiger partial charge in [0, 0.05) is 18.7 Å². The summed E-state index contributed by atoms with van der Waals surface area (Å²) < 4.78 is 7.23. The number of aromatic nitrogens is 2. The molecule has 1 atom stereocenters. The fraction of sp³-hybridized carbons (Fsp3) is 0.241. The molecule has 4 aromatic rings. The van der Waals surface area contributed by atoms with Gasteiger partial charge in [-0.05, 0) is 30.5 Å². The number of carbonyl (C=O) groups excluding carboxylic acids is 1. The van der Waals surface area contributed by atoms with Crippen LogP contribution in [0.3, 0.4) is 0 Å². The molecule has 1 heterocycles. The predicted molar refractivity (Wildman–Crippen MR) is 135 cm³/mol. The van der Waals surface area contributed by atoms with Crippen LogP contribution in [0.25, 0.3) is 0 Å². The summed E-state index contributed by atoms with van der Waals surface area (Å²) in [4.78, 5) is 16.5. The zero-order chi connectivity index (χ0) is 23.8. The monoisotopic (exact) mass is 453 g/mol. The van der Waals surface area contributed by atoms with Gasteiger partial charge in [0.05, 0.1) is 25.2 Å². The number of esters is 1. The van der Waals surface area contributed by atoms with E-state index < -0.39 is 5.54 Å². The van der Waals surface area contributed by atoms with E-state index >= 15 is 0 Å². The van der Waals surface area contributed by atoms with Crippen LogP contribution < -0.4 is 5.32 Å².